The van der Waals surface area contributed by atoms with Crippen LogP contribution in [0.2, 0.25) is 0 Å². The Labute approximate surface area is 106 Å². The highest BCUT2D eigenvalue weighted by molar-refractivity contribution is 6.34. The Balaban J connectivity index is 3.01. The topological polar surface area (TPSA) is 26.3 Å². The molecule has 1 aromatic rings. The molecule has 0 radical (unpaired) electrons. The van der Waals surface area contributed by atoms with E-state index in [2.05, 4.69) is 0 Å². The van der Waals surface area contributed by atoms with Gasteiger partial charge in [0.2, 0.25) is 0 Å². The van der Waals surface area contributed by atoms with E-state index in [1.165, 1.54) is 7.11 Å². The molecule has 0 fully saturated rings. The summed E-state index contributed by atoms with van der Waals surface area (Å²) in [6.45, 7) is 1.92. The number of hydrogen-bond donors (Lipinski definition) is 0. The van der Waals surface area contributed by atoms with Crippen LogP contribution in [0, 0.1) is 6.92 Å². The van der Waals surface area contributed by atoms with Crippen molar-refractivity contribution < 1.29 is 9.53 Å². The summed E-state index contributed by atoms with van der Waals surface area (Å²) in [6.07, 6.45) is 0.457. The Morgan fingerprint density at radius 1 is 1.50 bits per heavy atom. The predicted octanol–water partition coefficient (Wildman–Crippen LogP) is 3.42. The molecule has 2 nitrogen and oxygen atoms in total. The van der Waals surface area contributed by atoms with E-state index in [1.807, 2.05) is 13.0 Å². The number of ether oxygens (including phenoxy) is 1. The Bertz CT molecular complexity index is 377. The summed E-state index contributed by atoms with van der Waals surface area (Å²) in [7, 11) is 1.53. The minimum Gasteiger partial charge on any atom is -0.496 e. The molecule has 0 spiro atoms. The Morgan fingerprint density at radius 3 is 2.75 bits per heavy atom. The van der Waals surface area contributed by atoms with Gasteiger partial charge < -0.3 is 4.74 Å². The number of rotatable bonds is 5. The number of hydrogen-bond acceptors (Lipinski definition) is 2. The predicted molar refractivity (Wildman–Crippen MR) is 67.0 cm³/mol. The highest BCUT2D eigenvalue weighted by Crippen LogP contribution is 2.23. The lowest BCUT2D eigenvalue weighted by atomic mass is 10.0. The van der Waals surface area contributed by atoms with Crippen molar-refractivity contribution in [2.24, 2.45) is 0 Å². The van der Waals surface area contributed by atoms with Crippen LogP contribution >= 0.6 is 23.2 Å². The molecule has 1 rings (SSSR count). The molecule has 0 heterocycles. The van der Waals surface area contributed by atoms with Crippen molar-refractivity contribution in [3.8, 4) is 5.75 Å². The lowest BCUT2D eigenvalue weighted by molar-refractivity contribution is 0.0983. The summed E-state index contributed by atoms with van der Waals surface area (Å²) in [6, 6.07) is 5.44. The normalized spacial score (nSPS) is 12.2. The zero-order valence-electron chi connectivity index (χ0n) is 9.30. The van der Waals surface area contributed by atoms with Crippen LogP contribution < -0.4 is 4.74 Å². The van der Waals surface area contributed by atoms with E-state index < -0.39 is 5.38 Å². The lowest BCUT2D eigenvalue weighted by Gasteiger charge is -2.11. The van der Waals surface area contributed by atoms with Crippen molar-refractivity contribution in [2.75, 3.05) is 13.0 Å². The van der Waals surface area contributed by atoms with Crippen LogP contribution in [0.25, 0.3) is 0 Å². The maximum Gasteiger partial charge on any atom is 0.184 e. The number of ketones is 1. The van der Waals surface area contributed by atoms with Gasteiger partial charge in [-0.2, -0.15) is 0 Å². The van der Waals surface area contributed by atoms with Crippen molar-refractivity contribution in [1.29, 1.82) is 0 Å². The second-order valence-electron chi connectivity index (χ2n) is 3.51. The van der Waals surface area contributed by atoms with Gasteiger partial charge in [-0.25, -0.2) is 0 Å². The van der Waals surface area contributed by atoms with Crippen molar-refractivity contribution in [3.05, 3.63) is 29.3 Å². The lowest BCUT2D eigenvalue weighted by Crippen LogP contribution is -2.16. The fraction of sp³-hybridized carbons (Fsp3) is 0.417. The number of methoxy groups -OCH3 is 1. The standard InChI is InChI=1S/C12H14Cl2O2/c1-8-3-4-11(16-2)9(7-8)12(15)10(14)5-6-13/h3-4,7,10H,5-6H2,1-2H3. The van der Waals surface area contributed by atoms with Gasteiger partial charge in [-0.05, 0) is 25.5 Å². The number of Topliss-reactive ketones (excluding diaryl/α,β-unsaturated/α-hetero) is 1. The molecule has 0 saturated heterocycles. The smallest absolute Gasteiger partial charge is 0.184 e. The number of carbonyl (C=O) groups is 1. The molecule has 88 valence electrons. The van der Waals surface area contributed by atoms with Crippen LogP contribution in [-0.4, -0.2) is 24.2 Å². The highest BCUT2D eigenvalue weighted by atomic mass is 35.5. The van der Waals surface area contributed by atoms with E-state index in [4.69, 9.17) is 27.9 Å². The van der Waals surface area contributed by atoms with Gasteiger partial charge >= 0.3 is 0 Å². The summed E-state index contributed by atoms with van der Waals surface area (Å²) in [4.78, 5) is 12.0. The Kier molecular flexibility index (Phi) is 5.10. The molecule has 0 amide bonds. The van der Waals surface area contributed by atoms with Crippen LogP contribution in [-0.2, 0) is 0 Å². The number of carbonyl (C=O) groups excluding carboxylic acids is 1. The second kappa shape index (κ2) is 6.12. The number of halogens is 2. The van der Waals surface area contributed by atoms with Crippen molar-refractivity contribution in [1.82, 2.24) is 0 Å². The molecule has 0 aliphatic rings. The van der Waals surface area contributed by atoms with E-state index in [1.54, 1.807) is 12.1 Å². The molecule has 0 aromatic heterocycles. The quantitative estimate of drug-likeness (QED) is 0.599. The monoisotopic (exact) mass is 260 g/mol. The second-order valence-corrected chi connectivity index (χ2v) is 4.42. The third-order valence-corrected chi connectivity index (χ3v) is 2.90. The van der Waals surface area contributed by atoms with Gasteiger partial charge in [0.05, 0.1) is 18.1 Å². The molecule has 1 unspecified atom stereocenters. The van der Waals surface area contributed by atoms with Crippen LogP contribution in [0.1, 0.15) is 22.3 Å². The van der Waals surface area contributed by atoms with Crippen molar-refractivity contribution in [3.63, 3.8) is 0 Å². The molecule has 0 N–H and O–H groups in total. The SMILES string of the molecule is COc1ccc(C)cc1C(=O)C(Cl)CCCl. The van der Waals surface area contributed by atoms with E-state index in [9.17, 15) is 4.79 Å². The largest absolute Gasteiger partial charge is 0.496 e. The summed E-state index contributed by atoms with van der Waals surface area (Å²) in [5.74, 6) is 0.785. The summed E-state index contributed by atoms with van der Waals surface area (Å²) in [5.41, 5.74) is 1.52. The highest BCUT2D eigenvalue weighted by Gasteiger charge is 2.20. The first-order chi connectivity index (χ1) is 7.60. The molecule has 0 bridgehead atoms. The average molecular weight is 261 g/mol. The minimum absolute atomic E-state index is 0.136. The van der Waals surface area contributed by atoms with Gasteiger partial charge in [0.15, 0.2) is 5.78 Å². The molecule has 0 saturated carbocycles. The molecule has 1 atom stereocenters. The maximum atomic E-state index is 12.0. The molecule has 1 aromatic carbocycles. The first-order valence-corrected chi connectivity index (χ1v) is 5.96. The van der Waals surface area contributed by atoms with E-state index in [0.717, 1.165) is 5.56 Å². The van der Waals surface area contributed by atoms with Gasteiger partial charge in [-0.1, -0.05) is 11.6 Å². The molecule has 0 aliphatic carbocycles. The first kappa shape index (κ1) is 13.3. The van der Waals surface area contributed by atoms with Crippen LogP contribution in [0.3, 0.4) is 0 Å². The van der Waals surface area contributed by atoms with Crippen LogP contribution in [0.5, 0.6) is 5.75 Å². The Morgan fingerprint density at radius 2 is 2.19 bits per heavy atom. The zero-order valence-corrected chi connectivity index (χ0v) is 10.8. The van der Waals surface area contributed by atoms with Crippen LogP contribution in [0.4, 0.5) is 0 Å². The van der Waals surface area contributed by atoms with Crippen molar-refractivity contribution in [2.45, 2.75) is 18.7 Å². The fourth-order valence-corrected chi connectivity index (χ4v) is 1.97. The minimum atomic E-state index is -0.590. The summed E-state index contributed by atoms with van der Waals surface area (Å²) < 4.78 is 5.14. The molecular weight excluding hydrogens is 247 g/mol. The van der Waals surface area contributed by atoms with Gasteiger partial charge in [0.1, 0.15) is 5.75 Å². The molecule has 4 heteroatoms. The molecule has 0 aliphatic heterocycles. The fourth-order valence-electron chi connectivity index (χ4n) is 1.41. The van der Waals surface area contributed by atoms with E-state index in [0.29, 0.717) is 23.6 Å². The number of benzene rings is 1. The van der Waals surface area contributed by atoms with Crippen LogP contribution in [0.15, 0.2) is 18.2 Å². The van der Waals surface area contributed by atoms with Gasteiger partial charge in [-0.3, -0.25) is 4.79 Å². The Hall–Kier alpha value is -0.730. The number of alkyl halides is 2. The van der Waals surface area contributed by atoms with Crippen molar-refractivity contribution >= 4 is 29.0 Å². The third kappa shape index (κ3) is 3.13. The maximum absolute atomic E-state index is 12.0. The molecule has 16 heavy (non-hydrogen) atoms. The first-order valence-electron chi connectivity index (χ1n) is 4.99. The summed E-state index contributed by atoms with van der Waals surface area (Å²) in [5, 5.41) is -0.590. The van der Waals surface area contributed by atoms with Gasteiger partial charge in [0, 0.05) is 5.88 Å². The van der Waals surface area contributed by atoms with Gasteiger partial charge in [-0.15, -0.1) is 23.2 Å². The zero-order chi connectivity index (χ0) is 12.1. The van der Waals surface area contributed by atoms with Gasteiger partial charge in [0.25, 0.3) is 0 Å². The number of aryl methyl sites for hydroxylation is 1. The van der Waals surface area contributed by atoms with E-state index >= 15 is 0 Å². The average Bonchev–Trinajstić information content (AvgIpc) is 2.28. The van der Waals surface area contributed by atoms with E-state index in [-0.39, 0.29) is 5.78 Å². The molecular formula is C12H14Cl2O2. The third-order valence-electron chi connectivity index (χ3n) is 2.27. The summed E-state index contributed by atoms with van der Waals surface area (Å²) >= 11 is 11.5.